The highest BCUT2D eigenvalue weighted by Crippen LogP contribution is 2.09. The number of hydrogen-bond acceptors (Lipinski definition) is 5. The number of ether oxygens (including phenoxy) is 1. The van der Waals surface area contributed by atoms with Crippen molar-refractivity contribution in [1.82, 2.24) is 9.97 Å². The Bertz CT molecular complexity index is 644. The molecule has 0 aliphatic heterocycles. The number of carbonyl (C=O) groups is 2. The van der Waals surface area contributed by atoms with E-state index in [-0.39, 0.29) is 11.8 Å². The van der Waals surface area contributed by atoms with Crippen molar-refractivity contribution in [1.29, 1.82) is 0 Å². The summed E-state index contributed by atoms with van der Waals surface area (Å²) in [6.07, 6.45) is 0. The van der Waals surface area contributed by atoms with E-state index in [0.717, 1.165) is 0 Å². The van der Waals surface area contributed by atoms with Crippen molar-refractivity contribution < 1.29 is 14.3 Å². The van der Waals surface area contributed by atoms with Gasteiger partial charge in [-0.05, 0) is 24.3 Å². The number of aromatic nitrogens is 2. The molecule has 0 bridgehead atoms. The van der Waals surface area contributed by atoms with E-state index in [0.29, 0.717) is 36.2 Å². The fourth-order valence-corrected chi connectivity index (χ4v) is 1.88. The van der Waals surface area contributed by atoms with Crippen molar-refractivity contribution in [2.45, 2.75) is 27.1 Å². The fourth-order valence-electron chi connectivity index (χ4n) is 1.88. The molecule has 2 amide bonds. The van der Waals surface area contributed by atoms with Gasteiger partial charge in [0.1, 0.15) is 11.6 Å². The maximum absolute atomic E-state index is 11.0. The van der Waals surface area contributed by atoms with Crippen molar-refractivity contribution in [3.05, 3.63) is 47.8 Å². The highest BCUT2D eigenvalue weighted by Gasteiger charge is 2.02. The first-order valence-electron chi connectivity index (χ1n) is 7.08. The lowest BCUT2D eigenvalue weighted by Crippen LogP contribution is -2.09. The second kappa shape index (κ2) is 8.00. The van der Waals surface area contributed by atoms with Gasteiger partial charge in [0.2, 0.25) is 11.8 Å². The van der Waals surface area contributed by atoms with Crippen molar-refractivity contribution in [2.24, 2.45) is 0 Å². The molecule has 7 nitrogen and oxygen atoms in total. The van der Waals surface area contributed by atoms with E-state index in [1.54, 1.807) is 24.3 Å². The van der Waals surface area contributed by atoms with E-state index in [1.165, 1.54) is 13.8 Å². The molecule has 0 atom stereocenters. The number of rotatable bonds is 6. The normalized spacial score (nSPS) is 10.2. The molecule has 0 unspecified atom stereocenters. The van der Waals surface area contributed by atoms with Crippen LogP contribution >= 0.6 is 0 Å². The third-order valence-corrected chi connectivity index (χ3v) is 2.72. The molecule has 0 radical (unpaired) electrons. The lowest BCUT2D eigenvalue weighted by atomic mass is 10.3. The van der Waals surface area contributed by atoms with E-state index in [1.807, 2.05) is 12.1 Å². The maximum Gasteiger partial charge on any atom is 0.222 e. The number of anilines is 2. The zero-order valence-electron chi connectivity index (χ0n) is 13.0. The summed E-state index contributed by atoms with van der Waals surface area (Å²) < 4.78 is 5.58. The minimum absolute atomic E-state index is 0.172. The van der Waals surface area contributed by atoms with Crippen molar-refractivity contribution in [3.8, 4) is 0 Å². The van der Waals surface area contributed by atoms with E-state index in [9.17, 15) is 9.59 Å². The summed E-state index contributed by atoms with van der Waals surface area (Å²) in [6, 6.07) is 10.6. The summed E-state index contributed by atoms with van der Waals surface area (Å²) in [5.41, 5.74) is 1.41. The molecule has 2 rings (SSSR count). The third-order valence-electron chi connectivity index (χ3n) is 2.72. The van der Waals surface area contributed by atoms with Gasteiger partial charge in [-0.2, -0.15) is 0 Å². The molecular weight excluding hydrogens is 296 g/mol. The molecule has 2 heterocycles. The predicted molar refractivity (Wildman–Crippen MR) is 85.6 cm³/mol. The zero-order chi connectivity index (χ0) is 16.7. The Morgan fingerprint density at radius 2 is 1.30 bits per heavy atom. The molecule has 0 saturated carbocycles. The Hall–Kier alpha value is -2.80. The van der Waals surface area contributed by atoms with Gasteiger partial charge in [-0.15, -0.1) is 0 Å². The van der Waals surface area contributed by atoms with Gasteiger partial charge in [0, 0.05) is 13.8 Å². The summed E-state index contributed by atoms with van der Waals surface area (Å²) in [5, 5.41) is 5.24. The predicted octanol–water partition coefficient (Wildman–Crippen LogP) is 2.11. The maximum atomic E-state index is 11.0. The molecule has 2 aromatic rings. The molecule has 7 heteroatoms. The van der Waals surface area contributed by atoms with Crippen LogP contribution in [0.2, 0.25) is 0 Å². The molecule has 0 aliphatic rings. The molecule has 120 valence electrons. The molecule has 0 spiro atoms. The highest BCUT2D eigenvalue weighted by molar-refractivity contribution is 5.87. The Kier molecular flexibility index (Phi) is 5.76. The van der Waals surface area contributed by atoms with Crippen LogP contribution in [0.4, 0.5) is 11.6 Å². The fraction of sp³-hybridized carbons (Fsp3) is 0.250. The number of nitrogens with one attached hydrogen (secondary N) is 2. The smallest absolute Gasteiger partial charge is 0.222 e. The minimum Gasteiger partial charge on any atom is -0.369 e. The average molecular weight is 314 g/mol. The average Bonchev–Trinajstić information content (AvgIpc) is 2.46. The Balaban J connectivity index is 1.89. The van der Waals surface area contributed by atoms with Gasteiger partial charge in [-0.25, -0.2) is 9.97 Å². The van der Waals surface area contributed by atoms with Gasteiger partial charge in [-0.1, -0.05) is 12.1 Å². The first kappa shape index (κ1) is 16.6. The van der Waals surface area contributed by atoms with Crippen LogP contribution in [0.5, 0.6) is 0 Å². The van der Waals surface area contributed by atoms with Crippen LogP contribution in [0.25, 0.3) is 0 Å². The van der Waals surface area contributed by atoms with E-state index < -0.39 is 0 Å². The second-order valence-electron chi connectivity index (χ2n) is 4.88. The molecule has 0 aliphatic carbocycles. The van der Waals surface area contributed by atoms with E-state index >= 15 is 0 Å². The molecule has 0 saturated heterocycles. The first-order chi connectivity index (χ1) is 11.0. The van der Waals surface area contributed by atoms with E-state index in [2.05, 4.69) is 20.6 Å². The minimum atomic E-state index is -0.172. The summed E-state index contributed by atoms with van der Waals surface area (Å²) in [5.74, 6) is 0.637. The van der Waals surface area contributed by atoms with Crippen LogP contribution in [0.3, 0.4) is 0 Å². The quantitative estimate of drug-likeness (QED) is 0.852. The monoisotopic (exact) mass is 314 g/mol. The van der Waals surface area contributed by atoms with Crippen molar-refractivity contribution in [2.75, 3.05) is 10.6 Å². The van der Waals surface area contributed by atoms with Gasteiger partial charge in [0.15, 0.2) is 0 Å². The number of pyridine rings is 2. The van der Waals surface area contributed by atoms with E-state index in [4.69, 9.17) is 4.74 Å². The summed E-state index contributed by atoms with van der Waals surface area (Å²) in [4.78, 5) is 30.6. The van der Waals surface area contributed by atoms with Crippen LogP contribution in [0.15, 0.2) is 36.4 Å². The molecule has 0 aromatic carbocycles. The lowest BCUT2D eigenvalue weighted by Gasteiger charge is -2.07. The number of hydrogen-bond donors (Lipinski definition) is 2. The van der Waals surface area contributed by atoms with Crippen LogP contribution in [0, 0.1) is 0 Å². The largest absolute Gasteiger partial charge is 0.369 e. The van der Waals surface area contributed by atoms with Crippen LogP contribution < -0.4 is 10.6 Å². The molecule has 2 aromatic heterocycles. The molecule has 0 fully saturated rings. The van der Waals surface area contributed by atoms with Crippen LogP contribution in [-0.2, 0) is 27.5 Å². The second-order valence-corrected chi connectivity index (χ2v) is 4.88. The van der Waals surface area contributed by atoms with Gasteiger partial charge >= 0.3 is 0 Å². The zero-order valence-corrected chi connectivity index (χ0v) is 13.0. The third kappa shape index (κ3) is 5.84. The Labute approximate surface area is 134 Å². The molecular formula is C16H18N4O3. The van der Waals surface area contributed by atoms with Gasteiger partial charge in [0.25, 0.3) is 0 Å². The van der Waals surface area contributed by atoms with Crippen molar-refractivity contribution >= 4 is 23.5 Å². The molecule has 23 heavy (non-hydrogen) atoms. The Morgan fingerprint density at radius 1 is 0.870 bits per heavy atom. The summed E-state index contributed by atoms with van der Waals surface area (Å²) in [6.45, 7) is 3.44. The number of nitrogens with zero attached hydrogens (tertiary/aromatic N) is 2. The number of carbonyl (C=O) groups excluding carboxylic acids is 2. The first-order valence-corrected chi connectivity index (χ1v) is 7.08. The lowest BCUT2D eigenvalue weighted by molar-refractivity contribution is -0.115. The van der Waals surface area contributed by atoms with Gasteiger partial charge in [0.05, 0.1) is 24.6 Å². The summed E-state index contributed by atoms with van der Waals surface area (Å²) in [7, 11) is 0. The standard InChI is InChI=1S/C16H18N4O3/c1-11(21)17-15-7-3-5-13(19-15)9-23-10-14-6-4-8-16(20-14)18-12(2)22/h3-8H,9-10H2,1-2H3,(H,17,19,21)(H,18,20,22). The van der Waals surface area contributed by atoms with Gasteiger partial charge < -0.3 is 15.4 Å². The SMILES string of the molecule is CC(=O)Nc1cccc(COCc2cccc(NC(C)=O)n2)n1. The highest BCUT2D eigenvalue weighted by atomic mass is 16.5. The van der Waals surface area contributed by atoms with Gasteiger partial charge in [-0.3, -0.25) is 9.59 Å². The van der Waals surface area contributed by atoms with Crippen molar-refractivity contribution in [3.63, 3.8) is 0 Å². The van der Waals surface area contributed by atoms with Crippen LogP contribution in [0.1, 0.15) is 25.2 Å². The summed E-state index contributed by atoms with van der Waals surface area (Å²) >= 11 is 0. The Morgan fingerprint density at radius 3 is 1.70 bits per heavy atom. The molecule has 2 N–H and O–H groups in total. The number of amides is 2. The topological polar surface area (TPSA) is 93.2 Å². The van der Waals surface area contributed by atoms with Crippen LogP contribution in [-0.4, -0.2) is 21.8 Å².